The molecule has 21 heavy (non-hydrogen) atoms. The number of hydrogen-bond acceptors (Lipinski definition) is 3. The van der Waals surface area contributed by atoms with E-state index in [0.29, 0.717) is 25.1 Å². The largest absolute Gasteiger partial charge is 0.350 e. The lowest BCUT2D eigenvalue weighted by molar-refractivity contribution is -0.128. The second kappa shape index (κ2) is 7.22. The molecular formula is C16H23N3O2. The normalized spacial score (nSPS) is 16.1. The third-order valence-electron chi connectivity index (χ3n) is 3.80. The van der Waals surface area contributed by atoms with Crippen molar-refractivity contribution < 1.29 is 9.59 Å². The van der Waals surface area contributed by atoms with Gasteiger partial charge < -0.3 is 15.5 Å². The number of rotatable bonds is 6. The summed E-state index contributed by atoms with van der Waals surface area (Å²) in [6, 6.07) is 7.73. The fourth-order valence-corrected chi connectivity index (χ4v) is 2.35. The molecule has 2 N–H and O–H groups in total. The van der Waals surface area contributed by atoms with Gasteiger partial charge >= 0.3 is 0 Å². The fraction of sp³-hybridized carbons (Fsp3) is 0.500. The van der Waals surface area contributed by atoms with Gasteiger partial charge in [0.05, 0.1) is 0 Å². The molecule has 1 fully saturated rings. The maximum Gasteiger partial charge on any atom is 0.251 e. The number of likely N-dealkylation sites (tertiary alicyclic amines) is 1. The Balaban J connectivity index is 1.96. The summed E-state index contributed by atoms with van der Waals surface area (Å²) in [4.78, 5) is 25.6. The lowest BCUT2D eigenvalue weighted by Crippen LogP contribution is -2.37. The van der Waals surface area contributed by atoms with E-state index in [9.17, 15) is 9.59 Å². The van der Waals surface area contributed by atoms with E-state index in [4.69, 9.17) is 0 Å². The molecule has 1 unspecified atom stereocenters. The minimum absolute atomic E-state index is 0.0771. The molecule has 1 aromatic rings. The van der Waals surface area contributed by atoms with E-state index in [1.165, 1.54) is 0 Å². The number of likely N-dealkylation sites (N-methyl/N-ethyl adjacent to an activating group) is 1. The van der Waals surface area contributed by atoms with Crippen molar-refractivity contribution in [2.75, 3.05) is 20.1 Å². The molecule has 0 bridgehead atoms. The van der Waals surface area contributed by atoms with Crippen molar-refractivity contribution in [1.29, 1.82) is 0 Å². The van der Waals surface area contributed by atoms with E-state index < -0.39 is 0 Å². The van der Waals surface area contributed by atoms with Crippen LogP contribution in [-0.4, -0.2) is 42.9 Å². The van der Waals surface area contributed by atoms with Crippen molar-refractivity contribution >= 4 is 11.8 Å². The maximum atomic E-state index is 12.1. The van der Waals surface area contributed by atoms with Crippen LogP contribution in [0.4, 0.5) is 0 Å². The van der Waals surface area contributed by atoms with Crippen LogP contribution in [0.5, 0.6) is 0 Å². The van der Waals surface area contributed by atoms with Crippen molar-refractivity contribution in [3.63, 3.8) is 0 Å². The summed E-state index contributed by atoms with van der Waals surface area (Å²) in [6.07, 6.45) is 1.57. The Labute approximate surface area is 125 Å². The lowest BCUT2D eigenvalue weighted by Gasteiger charge is -2.16. The highest BCUT2D eigenvalue weighted by Crippen LogP contribution is 2.15. The molecule has 0 radical (unpaired) electrons. The number of amides is 2. The van der Waals surface area contributed by atoms with Gasteiger partial charge in [-0.3, -0.25) is 9.59 Å². The summed E-state index contributed by atoms with van der Waals surface area (Å²) in [7, 11) is 1.87. The summed E-state index contributed by atoms with van der Waals surface area (Å²) in [5.74, 6) is 0.124. The molecule has 1 heterocycles. The van der Waals surface area contributed by atoms with Gasteiger partial charge in [0.1, 0.15) is 0 Å². The minimum atomic E-state index is -0.0771. The number of hydrogen-bond donors (Lipinski definition) is 2. The van der Waals surface area contributed by atoms with Crippen molar-refractivity contribution in [3.05, 3.63) is 35.4 Å². The summed E-state index contributed by atoms with van der Waals surface area (Å²) in [5.41, 5.74) is 1.64. The van der Waals surface area contributed by atoms with Crippen LogP contribution in [0.1, 0.15) is 35.7 Å². The maximum absolute atomic E-state index is 12.1. The lowest BCUT2D eigenvalue weighted by atomic mass is 10.1. The quantitative estimate of drug-likeness (QED) is 0.826. The molecular weight excluding hydrogens is 266 g/mol. The zero-order valence-corrected chi connectivity index (χ0v) is 12.7. The van der Waals surface area contributed by atoms with Crippen LogP contribution >= 0.6 is 0 Å². The third kappa shape index (κ3) is 4.29. The SMILES string of the molecule is CNC(C)CNC(=O)c1cccc(CN2CCCC2=O)c1. The van der Waals surface area contributed by atoms with Crippen molar-refractivity contribution in [1.82, 2.24) is 15.5 Å². The molecule has 5 nitrogen and oxygen atoms in total. The van der Waals surface area contributed by atoms with E-state index in [2.05, 4.69) is 10.6 Å². The molecule has 1 saturated heterocycles. The minimum Gasteiger partial charge on any atom is -0.350 e. The second-order valence-corrected chi connectivity index (χ2v) is 5.52. The molecule has 2 amide bonds. The monoisotopic (exact) mass is 289 g/mol. The first-order chi connectivity index (χ1) is 10.1. The summed E-state index contributed by atoms with van der Waals surface area (Å²) in [5, 5.41) is 5.97. The Kier molecular flexibility index (Phi) is 5.33. The molecule has 1 aliphatic rings. The van der Waals surface area contributed by atoms with Crippen LogP contribution in [0.15, 0.2) is 24.3 Å². The smallest absolute Gasteiger partial charge is 0.251 e. The van der Waals surface area contributed by atoms with Gasteiger partial charge in [-0.2, -0.15) is 0 Å². The zero-order chi connectivity index (χ0) is 15.2. The number of nitrogens with one attached hydrogen (secondary N) is 2. The Bertz CT molecular complexity index is 516. The fourth-order valence-electron chi connectivity index (χ4n) is 2.35. The van der Waals surface area contributed by atoms with Crippen LogP contribution in [0.2, 0.25) is 0 Å². The topological polar surface area (TPSA) is 61.4 Å². The molecule has 114 valence electrons. The van der Waals surface area contributed by atoms with Gasteiger partial charge in [-0.25, -0.2) is 0 Å². The standard InChI is InChI=1S/C16H23N3O2/c1-12(17-2)10-18-16(21)14-6-3-5-13(9-14)11-19-8-4-7-15(19)20/h3,5-6,9,12,17H,4,7-8,10-11H2,1-2H3,(H,18,21). The second-order valence-electron chi connectivity index (χ2n) is 5.52. The molecule has 2 rings (SSSR count). The highest BCUT2D eigenvalue weighted by Gasteiger charge is 2.20. The highest BCUT2D eigenvalue weighted by atomic mass is 16.2. The molecule has 0 aliphatic carbocycles. The van der Waals surface area contributed by atoms with Crippen LogP contribution in [0.25, 0.3) is 0 Å². The van der Waals surface area contributed by atoms with Crippen LogP contribution in [0, 0.1) is 0 Å². The van der Waals surface area contributed by atoms with Crippen LogP contribution in [0.3, 0.4) is 0 Å². The molecule has 1 aromatic carbocycles. The van der Waals surface area contributed by atoms with E-state index in [-0.39, 0.29) is 17.9 Å². The Morgan fingerprint density at radius 3 is 2.90 bits per heavy atom. The molecule has 1 aliphatic heterocycles. The van der Waals surface area contributed by atoms with Crippen LogP contribution < -0.4 is 10.6 Å². The Hall–Kier alpha value is -1.88. The van der Waals surface area contributed by atoms with Crippen molar-refractivity contribution in [2.45, 2.75) is 32.4 Å². The first-order valence-corrected chi connectivity index (χ1v) is 7.42. The van der Waals surface area contributed by atoms with Gasteiger partial charge in [0.25, 0.3) is 5.91 Å². The Morgan fingerprint density at radius 2 is 2.24 bits per heavy atom. The highest BCUT2D eigenvalue weighted by molar-refractivity contribution is 5.94. The summed E-state index contributed by atoms with van der Waals surface area (Å²) >= 11 is 0. The zero-order valence-electron chi connectivity index (χ0n) is 12.7. The van der Waals surface area contributed by atoms with E-state index in [0.717, 1.165) is 18.5 Å². The van der Waals surface area contributed by atoms with Crippen LogP contribution in [-0.2, 0) is 11.3 Å². The molecule has 1 atom stereocenters. The molecule has 0 saturated carbocycles. The summed E-state index contributed by atoms with van der Waals surface area (Å²) in [6.45, 7) is 4.00. The van der Waals surface area contributed by atoms with Gasteiger partial charge in [-0.05, 0) is 38.1 Å². The third-order valence-corrected chi connectivity index (χ3v) is 3.80. The predicted octanol–water partition coefficient (Wildman–Crippen LogP) is 1.15. The van der Waals surface area contributed by atoms with Gasteiger partial charge in [-0.15, -0.1) is 0 Å². The number of carbonyl (C=O) groups excluding carboxylic acids is 2. The first kappa shape index (κ1) is 15.5. The van der Waals surface area contributed by atoms with E-state index in [1.807, 2.05) is 37.1 Å². The number of benzene rings is 1. The number of carbonyl (C=O) groups is 2. The van der Waals surface area contributed by atoms with E-state index in [1.54, 1.807) is 6.07 Å². The van der Waals surface area contributed by atoms with Crippen molar-refractivity contribution in [2.24, 2.45) is 0 Å². The Morgan fingerprint density at radius 1 is 1.43 bits per heavy atom. The summed E-state index contributed by atoms with van der Waals surface area (Å²) < 4.78 is 0. The van der Waals surface area contributed by atoms with Gasteiger partial charge in [0.2, 0.25) is 5.91 Å². The number of nitrogens with zero attached hydrogens (tertiary/aromatic N) is 1. The van der Waals surface area contributed by atoms with Gasteiger partial charge in [0.15, 0.2) is 0 Å². The van der Waals surface area contributed by atoms with Gasteiger partial charge in [0, 0.05) is 37.7 Å². The average molecular weight is 289 g/mol. The molecule has 0 spiro atoms. The average Bonchev–Trinajstić information content (AvgIpc) is 2.90. The van der Waals surface area contributed by atoms with Gasteiger partial charge in [-0.1, -0.05) is 12.1 Å². The predicted molar refractivity (Wildman–Crippen MR) is 81.9 cm³/mol. The van der Waals surface area contributed by atoms with E-state index >= 15 is 0 Å². The molecule has 0 aromatic heterocycles. The first-order valence-electron chi connectivity index (χ1n) is 7.42. The van der Waals surface area contributed by atoms with Crippen molar-refractivity contribution in [3.8, 4) is 0 Å². The molecule has 5 heteroatoms.